The first-order valence-electron chi connectivity index (χ1n) is 7.21. The van der Waals surface area contributed by atoms with Crippen molar-refractivity contribution in [2.75, 3.05) is 5.32 Å². The van der Waals surface area contributed by atoms with Crippen molar-refractivity contribution in [2.45, 2.75) is 19.9 Å². The van der Waals surface area contributed by atoms with Crippen LogP contribution in [0.15, 0.2) is 48.9 Å². The second kappa shape index (κ2) is 6.66. The zero-order chi connectivity index (χ0) is 16.2. The van der Waals surface area contributed by atoms with Crippen LogP contribution in [-0.2, 0) is 11.3 Å². The Kier molecular flexibility index (Phi) is 4.43. The number of aryl methyl sites for hydroxylation is 2. The van der Waals surface area contributed by atoms with Gasteiger partial charge in [0.1, 0.15) is 5.82 Å². The molecule has 1 amide bonds. The van der Waals surface area contributed by atoms with Gasteiger partial charge in [0.2, 0.25) is 5.91 Å². The van der Waals surface area contributed by atoms with Crippen molar-refractivity contribution >= 4 is 23.3 Å². The molecule has 7 heteroatoms. The van der Waals surface area contributed by atoms with Crippen molar-refractivity contribution < 1.29 is 4.79 Å². The van der Waals surface area contributed by atoms with Gasteiger partial charge in [0.25, 0.3) is 0 Å². The highest BCUT2D eigenvalue weighted by Gasteiger charge is 2.09. The van der Waals surface area contributed by atoms with Crippen LogP contribution in [0.5, 0.6) is 0 Å². The summed E-state index contributed by atoms with van der Waals surface area (Å²) >= 11 is 6.00. The van der Waals surface area contributed by atoms with Crippen LogP contribution >= 0.6 is 11.6 Å². The number of anilines is 1. The maximum atomic E-state index is 12.1. The summed E-state index contributed by atoms with van der Waals surface area (Å²) in [5.41, 5.74) is 1.87. The van der Waals surface area contributed by atoms with Crippen LogP contribution in [0.25, 0.3) is 5.69 Å². The number of carbonyl (C=O) groups excluding carboxylic acids is 1. The SMILES string of the molecule is Cc1cnn(CCC(=O)Nc2ccnn2-c2cccc(Cl)c2)c1. The molecule has 3 rings (SSSR count). The molecule has 0 bridgehead atoms. The third kappa shape index (κ3) is 3.78. The van der Waals surface area contributed by atoms with Crippen LogP contribution in [0.4, 0.5) is 5.82 Å². The molecule has 1 aromatic carbocycles. The van der Waals surface area contributed by atoms with E-state index in [1.54, 1.807) is 40.0 Å². The topological polar surface area (TPSA) is 64.7 Å². The lowest BCUT2D eigenvalue weighted by Crippen LogP contribution is -2.17. The number of benzene rings is 1. The smallest absolute Gasteiger partial charge is 0.227 e. The van der Waals surface area contributed by atoms with Gasteiger partial charge in [-0.05, 0) is 30.7 Å². The lowest BCUT2D eigenvalue weighted by Gasteiger charge is -2.09. The molecular formula is C16H16ClN5O. The van der Waals surface area contributed by atoms with E-state index in [4.69, 9.17) is 11.6 Å². The molecule has 0 unspecified atom stereocenters. The van der Waals surface area contributed by atoms with Crippen molar-refractivity contribution in [3.05, 3.63) is 59.5 Å². The van der Waals surface area contributed by atoms with Crippen molar-refractivity contribution in [3.63, 3.8) is 0 Å². The van der Waals surface area contributed by atoms with E-state index in [2.05, 4.69) is 15.5 Å². The van der Waals surface area contributed by atoms with E-state index >= 15 is 0 Å². The molecule has 3 aromatic rings. The van der Waals surface area contributed by atoms with Gasteiger partial charge in [-0.1, -0.05) is 17.7 Å². The average molecular weight is 330 g/mol. The van der Waals surface area contributed by atoms with Gasteiger partial charge in [0, 0.05) is 30.3 Å². The van der Waals surface area contributed by atoms with Gasteiger partial charge in [0.05, 0.1) is 18.1 Å². The predicted octanol–water partition coefficient (Wildman–Crippen LogP) is 3.06. The molecule has 118 valence electrons. The van der Waals surface area contributed by atoms with E-state index in [9.17, 15) is 4.79 Å². The molecule has 0 aliphatic rings. The first-order chi connectivity index (χ1) is 11.1. The Labute approximate surface area is 138 Å². The molecular weight excluding hydrogens is 314 g/mol. The minimum absolute atomic E-state index is 0.0954. The Morgan fingerprint density at radius 1 is 1.30 bits per heavy atom. The number of aromatic nitrogens is 4. The zero-order valence-electron chi connectivity index (χ0n) is 12.6. The van der Waals surface area contributed by atoms with Gasteiger partial charge in [0.15, 0.2) is 0 Å². The minimum atomic E-state index is -0.0954. The minimum Gasteiger partial charge on any atom is -0.311 e. The third-order valence-corrected chi connectivity index (χ3v) is 3.53. The molecule has 0 radical (unpaired) electrons. The zero-order valence-corrected chi connectivity index (χ0v) is 13.4. The van der Waals surface area contributed by atoms with Crippen LogP contribution in [0.1, 0.15) is 12.0 Å². The van der Waals surface area contributed by atoms with Crippen molar-refractivity contribution in [3.8, 4) is 5.69 Å². The van der Waals surface area contributed by atoms with E-state index in [1.807, 2.05) is 25.3 Å². The fraction of sp³-hybridized carbons (Fsp3) is 0.188. The summed E-state index contributed by atoms with van der Waals surface area (Å²) in [7, 11) is 0. The Hall–Kier alpha value is -2.60. The molecule has 0 saturated carbocycles. The largest absolute Gasteiger partial charge is 0.311 e. The molecule has 0 saturated heterocycles. The van der Waals surface area contributed by atoms with Gasteiger partial charge in [-0.3, -0.25) is 9.48 Å². The monoisotopic (exact) mass is 329 g/mol. The summed E-state index contributed by atoms with van der Waals surface area (Å²) in [5.74, 6) is 0.510. The lowest BCUT2D eigenvalue weighted by molar-refractivity contribution is -0.116. The Morgan fingerprint density at radius 3 is 2.91 bits per heavy atom. The number of amides is 1. The maximum Gasteiger partial charge on any atom is 0.227 e. The molecule has 0 spiro atoms. The number of hydrogen-bond acceptors (Lipinski definition) is 3. The highest BCUT2D eigenvalue weighted by Crippen LogP contribution is 2.18. The number of carbonyl (C=O) groups is 1. The summed E-state index contributed by atoms with van der Waals surface area (Å²) in [6.07, 6.45) is 5.64. The third-order valence-electron chi connectivity index (χ3n) is 3.29. The molecule has 0 aliphatic carbocycles. The Morgan fingerprint density at radius 2 is 2.17 bits per heavy atom. The average Bonchev–Trinajstić information content (AvgIpc) is 3.14. The van der Waals surface area contributed by atoms with Gasteiger partial charge < -0.3 is 5.32 Å². The lowest BCUT2D eigenvalue weighted by atomic mass is 10.3. The van der Waals surface area contributed by atoms with E-state index in [0.29, 0.717) is 23.8 Å². The summed E-state index contributed by atoms with van der Waals surface area (Å²) in [6.45, 7) is 2.50. The molecule has 23 heavy (non-hydrogen) atoms. The van der Waals surface area contributed by atoms with E-state index in [1.165, 1.54) is 0 Å². The van der Waals surface area contributed by atoms with Crippen LogP contribution in [0.2, 0.25) is 5.02 Å². The van der Waals surface area contributed by atoms with Crippen LogP contribution in [0.3, 0.4) is 0 Å². The molecule has 2 aromatic heterocycles. The first-order valence-corrected chi connectivity index (χ1v) is 7.58. The first kappa shape index (κ1) is 15.3. The van der Waals surface area contributed by atoms with E-state index < -0.39 is 0 Å². The second-order valence-electron chi connectivity index (χ2n) is 5.19. The van der Waals surface area contributed by atoms with Crippen molar-refractivity contribution in [2.24, 2.45) is 0 Å². The predicted molar refractivity (Wildman–Crippen MR) is 88.8 cm³/mol. The highest BCUT2D eigenvalue weighted by molar-refractivity contribution is 6.30. The summed E-state index contributed by atoms with van der Waals surface area (Å²) < 4.78 is 3.39. The quantitative estimate of drug-likeness (QED) is 0.782. The molecule has 2 heterocycles. The molecule has 0 fully saturated rings. The van der Waals surface area contributed by atoms with Crippen LogP contribution in [-0.4, -0.2) is 25.5 Å². The van der Waals surface area contributed by atoms with Crippen LogP contribution in [0, 0.1) is 6.92 Å². The van der Waals surface area contributed by atoms with Gasteiger partial charge >= 0.3 is 0 Å². The molecule has 1 N–H and O–H groups in total. The number of nitrogens with zero attached hydrogens (tertiary/aromatic N) is 4. The summed E-state index contributed by atoms with van der Waals surface area (Å²) in [6, 6.07) is 9.04. The van der Waals surface area contributed by atoms with E-state index in [-0.39, 0.29) is 5.91 Å². The van der Waals surface area contributed by atoms with Gasteiger partial charge in [-0.25, -0.2) is 4.68 Å². The number of hydrogen-bond donors (Lipinski definition) is 1. The molecule has 0 atom stereocenters. The van der Waals surface area contributed by atoms with Gasteiger partial charge in [-0.2, -0.15) is 10.2 Å². The van der Waals surface area contributed by atoms with Crippen molar-refractivity contribution in [1.29, 1.82) is 0 Å². The van der Waals surface area contributed by atoms with Crippen molar-refractivity contribution in [1.82, 2.24) is 19.6 Å². The highest BCUT2D eigenvalue weighted by atomic mass is 35.5. The summed E-state index contributed by atoms with van der Waals surface area (Å²) in [5, 5.41) is 11.9. The fourth-order valence-corrected chi connectivity index (χ4v) is 2.41. The normalized spacial score (nSPS) is 10.7. The van der Waals surface area contributed by atoms with Gasteiger partial charge in [-0.15, -0.1) is 0 Å². The standard InChI is InChI=1S/C16H16ClN5O/c1-12-10-19-21(11-12)8-6-16(23)20-15-5-7-18-22(15)14-4-2-3-13(17)9-14/h2-5,7,9-11H,6,8H2,1H3,(H,20,23). The number of nitrogens with one attached hydrogen (secondary N) is 1. The Bertz CT molecular complexity index is 823. The van der Waals surface area contributed by atoms with Crippen LogP contribution < -0.4 is 5.32 Å². The number of rotatable bonds is 5. The van der Waals surface area contributed by atoms with E-state index in [0.717, 1.165) is 11.3 Å². The molecule has 0 aliphatic heterocycles. The Balaban J connectivity index is 1.66. The maximum absolute atomic E-state index is 12.1. The second-order valence-corrected chi connectivity index (χ2v) is 5.62. The molecule has 6 nitrogen and oxygen atoms in total. The number of halogens is 1. The fourth-order valence-electron chi connectivity index (χ4n) is 2.22. The summed E-state index contributed by atoms with van der Waals surface area (Å²) in [4.78, 5) is 12.1.